The van der Waals surface area contributed by atoms with Crippen LogP contribution in [-0.4, -0.2) is 10.9 Å². The summed E-state index contributed by atoms with van der Waals surface area (Å²) in [5.74, 6) is 1.21. The van der Waals surface area contributed by atoms with Crippen LogP contribution in [0.25, 0.3) is 0 Å². The van der Waals surface area contributed by atoms with E-state index < -0.39 is 0 Å². The Labute approximate surface area is 105 Å². The van der Waals surface area contributed by atoms with Gasteiger partial charge in [0.25, 0.3) is 5.91 Å². The van der Waals surface area contributed by atoms with Gasteiger partial charge in [-0.05, 0) is 30.7 Å². The summed E-state index contributed by atoms with van der Waals surface area (Å²) in [6, 6.07) is 5.16. The van der Waals surface area contributed by atoms with Crippen LogP contribution >= 0.6 is 0 Å². The molecule has 2 rings (SSSR count). The molecule has 0 atom stereocenters. The Balaban J connectivity index is 2.13. The fraction of sp³-hybridized carbons (Fsp3) is 0.231. The van der Waals surface area contributed by atoms with Gasteiger partial charge >= 0.3 is 0 Å². The highest BCUT2D eigenvalue weighted by Gasteiger charge is 2.11. The first kappa shape index (κ1) is 12.2. The van der Waals surface area contributed by atoms with Crippen molar-refractivity contribution >= 4 is 17.4 Å². The summed E-state index contributed by atoms with van der Waals surface area (Å²) >= 11 is 0. The predicted octanol–water partition coefficient (Wildman–Crippen LogP) is 2.38. The molecule has 2 aromatic heterocycles. The van der Waals surface area contributed by atoms with E-state index in [2.05, 4.69) is 10.3 Å². The number of nitrogen functional groups attached to an aromatic ring is 1. The first-order valence-corrected chi connectivity index (χ1v) is 5.72. The summed E-state index contributed by atoms with van der Waals surface area (Å²) in [4.78, 5) is 15.9. The highest BCUT2D eigenvalue weighted by molar-refractivity contribution is 6.01. The van der Waals surface area contributed by atoms with Crippen molar-refractivity contribution < 1.29 is 9.21 Å². The van der Waals surface area contributed by atoms with Crippen molar-refractivity contribution in [3.63, 3.8) is 0 Å². The van der Waals surface area contributed by atoms with Gasteiger partial charge in [-0.3, -0.25) is 4.79 Å². The van der Waals surface area contributed by atoms with E-state index in [-0.39, 0.29) is 11.7 Å². The second kappa shape index (κ2) is 4.91. The fourth-order valence-corrected chi connectivity index (χ4v) is 1.50. The zero-order valence-corrected chi connectivity index (χ0v) is 10.4. The van der Waals surface area contributed by atoms with E-state index in [1.54, 1.807) is 18.2 Å². The van der Waals surface area contributed by atoms with Gasteiger partial charge in [0.2, 0.25) is 0 Å². The highest BCUT2D eigenvalue weighted by Crippen LogP contribution is 2.15. The topological polar surface area (TPSA) is 81.2 Å². The Hall–Kier alpha value is -2.30. The first-order valence-electron chi connectivity index (χ1n) is 5.72. The number of nitrogens with one attached hydrogen (secondary N) is 1. The van der Waals surface area contributed by atoms with Gasteiger partial charge in [-0.1, -0.05) is 6.92 Å². The number of aryl methyl sites for hydroxylation is 2. The van der Waals surface area contributed by atoms with Gasteiger partial charge < -0.3 is 15.5 Å². The van der Waals surface area contributed by atoms with E-state index in [0.29, 0.717) is 11.5 Å². The minimum Gasteiger partial charge on any atom is -0.456 e. The maximum atomic E-state index is 11.9. The molecule has 1 amide bonds. The quantitative estimate of drug-likeness (QED) is 0.869. The van der Waals surface area contributed by atoms with Crippen molar-refractivity contribution in [1.82, 2.24) is 4.98 Å². The summed E-state index contributed by atoms with van der Waals surface area (Å²) in [5, 5.41) is 2.66. The third-order valence-electron chi connectivity index (χ3n) is 2.63. The molecule has 0 aromatic carbocycles. The van der Waals surface area contributed by atoms with E-state index >= 15 is 0 Å². The monoisotopic (exact) mass is 245 g/mol. The van der Waals surface area contributed by atoms with Gasteiger partial charge in [0.05, 0.1) is 11.9 Å². The van der Waals surface area contributed by atoms with Crippen LogP contribution in [0, 0.1) is 6.92 Å². The van der Waals surface area contributed by atoms with Crippen LogP contribution in [-0.2, 0) is 6.42 Å². The van der Waals surface area contributed by atoms with Gasteiger partial charge in [0, 0.05) is 6.42 Å². The van der Waals surface area contributed by atoms with Crippen LogP contribution in [0.2, 0.25) is 0 Å². The number of rotatable bonds is 3. The van der Waals surface area contributed by atoms with Crippen molar-refractivity contribution in [1.29, 1.82) is 0 Å². The maximum absolute atomic E-state index is 11.9. The Bertz CT molecular complexity index is 575. The predicted molar refractivity (Wildman–Crippen MR) is 69.4 cm³/mol. The molecule has 0 radical (unpaired) electrons. The third kappa shape index (κ3) is 2.51. The van der Waals surface area contributed by atoms with E-state index in [1.807, 2.05) is 13.8 Å². The summed E-state index contributed by atoms with van der Waals surface area (Å²) in [6.07, 6.45) is 2.27. The molecule has 2 aromatic rings. The van der Waals surface area contributed by atoms with Gasteiger partial charge in [0.15, 0.2) is 5.76 Å². The molecule has 3 N–H and O–H groups in total. The van der Waals surface area contributed by atoms with Gasteiger partial charge in [-0.2, -0.15) is 0 Å². The van der Waals surface area contributed by atoms with E-state index in [1.165, 1.54) is 6.20 Å². The molecule has 5 heteroatoms. The molecule has 0 fully saturated rings. The Morgan fingerprint density at radius 2 is 2.28 bits per heavy atom. The number of anilines is 2. The second-order valence-corrected chi connectivity index (χ2v) is 4.00. The number of pyridine rings is 1. The molecule has 0 saturated carbocycles. The standard InChI is InChI=1S/C13H15N3O2/c1-3-9-4-5-11(18-9)13(17)16-12-6-8(2)10(14)7-15-12/h4-7H,3,14H2,1-2H3,(H,15,16,17). The van der Waals surface area contributed by atoms with Crippen LogP contribution in [0.4, 0.5) is 11.5 Å². The van der Waals surface area contributed by atoms with E-state index in [0.717, 1.165) is 17.7 Å². The lowest BCUT2D eigenvalue weighted by molar-refractivity contribution is 0.0994. The molecule has 94 valence electrons. The Morgan fingerprint density at radius 3 is 2.89 bits per heavy atom. The van der Waals surface area contributed by atoms with Gasteiger partial charge in [0.1, 0.15) is 11.6 Å². The smallest absolute Gasteiger partial charge is 0.292 e. The van der Waals surface area contributed by atoms with Crippen LogP contribution < -0.4 is 11.1 Å². The molecule has 0 aliphatic carbocycles. The fourth-order valence-electron chi connectivity index (χ4n) is 1.50. The minimum atomic E-state index is -0.314. The highest BCUT2D eigenvalue weighted by atomic mass is 16.3. The average Bonchev–Trinajstić information content (AvgIpc) is 2.82. The summed E-state index contributed by atoms with van der Waals surface area (Å²) in [6.45, 7) is 3.82. The Kier molecular flexibility index (Phi) is 3.32. The molecule has 5 nitrogen and oxygen atoms in total. The Morgan fingerprint density at radius 1 is 1.50 bits per heavy atom. The van der Waals surface area contributed by atoms with Crippen LogP contribution in [0.15, 0.2) is 28.8 Å². The average molecular weight is 245 g/mol. The first-order chi connectivity index (χ1) is 8.60. The van der Waals surface area contributed by atoms with Gasteiger partial charge in [-0.25, -0.2) is 4.98 Å². The van der Waals surface area contributed by atoms with Crippen molar-refractivity contribution in [2.45, 2.75) is 20.3 Å². The molecule has 18 heavy (non-hydrogen) atoms. The normalized spacial score (nSPS) is 10.3. The lowest BCUT2D eigenvalue weighted by atomic mass is 10.2. The van der Waals surface area contributed by atoms with Gasteiger partial charge in [-0.15, -0.1) is 0 Å². The molecular weight excluding hydrogens is 230 g/mol. The van der Waals surface area contributed by atoms with E-state index in [4.69, 9.17) is 10.2 Å². The van der Waals surface area contributed by atoms with Crippen LogP contribution in [0.5, 0.6) is 0 Å². The van der Waals surface area contributed by atoms with Crippen LogP contribution in [0.3, 0.4) is 0 Å². The minimum absolute atomic E-state index is 0.281. The molecule has 0 unspecified atom stereocenters. The number of carbonyl (C=O) groups is 1. The SMILES string of the molecule is CCc1ccc(C(=O)Nc2cc(C)c(N)cn2)o1. The number of amides is 1. The lowest BCUT2D eigenvalue weighted by Gasteiger charge is -2.04. The van der Waals surface area contributed by atoms with Crippen molar-refractivity contribution in [2.24, 2.45) is 0 Å². The summed E-state index contributed by atoms with van der Waals surface area (Å²) in [7, 11) is 0. The molecular formula is C13H15N3O2. The van der Waals surface area contributed by atoms with Crippen molar-refractivity contribution in [3.05, 3.63) is 41.5 Å². The summed E-state index contributed by atoms with van der Waals surface area (Å²) < 4.78 is 5.36. The number of hydrogen-bond donors (Lipinski definition) is 2. The lowest BCUT2D eigenvalue weighted by Crippen LogP contribution is -2.12. The molecule has 0 saturated heterocycles. The molecule has 0 spiro atoms. The molecule has 0 aliphatic rings. The number of furan rings is 1. The van der Waals surface area contributed by atoms with Crippen molar-refractivity contribution in [2.75, 3.05) is 11.1 Å². The van der Waals surface area contributed by atoms with Crippen LogP contribution in [0.1, 0.15) is 28.8 Å². The largest absolute Gasteiger partial charge is 0.456 e. The number of nitrogens with two attached hydrogens (primary N) is 1. The third-order valence-corrected chi connectivity index (χ3v) is 2.63. The number of aromatic nitrogens is 1. The summed E-state index contributed by atoms with van der Waals surface area (Å²) in [5.41, 5.74) is 7.12. The second-order valence-electron chi connectivity index (χ2n) is 4.00. The zero-order chi connectivity index (χ0) is 13.1. The maximum Gasteiger partial charge on any atom is 0.292 e. The number of hydrogen-bond acceptors (Lipinski definition) is 4. The zero-order valence-electron chi connectivity index (χ0n) is 10.4. The molecule has 0 bridgehead atoms. The molecule has 0 aliphatic heterocycles. The van der Waals surface area contributed by atoms with E-state index in [9.17, 15) is 4.79 Å². The van der Waals surface area contributed by atoms with Crippen molar-refractivity contribution in [3.8, 4) is 0 Å². The number of carbonyl (C=O) groups excluding carboxylic acids is 1. The molecule has 2 heterocycles. The number of nitrogens with zero attached hydrogens (tertiary/aromatic N) is 1.